The number of nitrogens with one attached hydrogen (secondary N) is 2. The number of ether oxygens (including phenoxy) is 1. The highest BCUT2D eigenvalue weighted by Crippen LogP contribution is 2.27. The number of hydrogen-bond donors (Lipinski definition) is 2. The van der Waals surface area contributed by atoms with Gasteiger partial charge in [0.25, 0.3) is 5.91 Å². The van der Waals surface area contributed by atoms with E-state index in [0.717, 1.165) is 31.6 Å². The standard InChI is InChI=1S/C19H21ClN4O4S/c20-16-5-1-13(11-17(16)29(26,27)23-14-2-3-14)19(25)22-18-6-4-15(12-21-18)24-7-9-28-10-8-24/h1,4-6,11-12,14,23H,2-3,7-10H2,(H,21,22,25). The minimum absolute atomic E-state index is 0.0530. The Morgan fingerprint density at radius 1 is 1.17 bits per heavy atom. The van der Waals surface area contributed by atoms with Gasteiger partial charge in [0.05, 0.1) is 30.1 Å². The van der Waals surface area contributed by atoms with Crippen molar-refractivity contribution in [3.63, 3.8) is 0 Å². The van der Waals surface area contributed by atoms with Crippen LogP contribution in [0, 0.1) is 0 Å². The second kappa shape index (κ2) is 8.27. The van der Waals surface area contributed by atoms with Gasteiger partial charge >= 0.3 is 0 Å². The quantitative estimate of drug-likeness (QED) is 0.720. The molecule has 2 aromatic rings. The van der Waals surface area contributed by atoms with Crippen LogP contribution in [0.1, 0.15) is 23.2 Å². The van der Waals surface area contributed by atoms with Gasteiger partial charge in [-0.3, -0.25) is 4.79 Å². The summed E-state index contributed by atoms with van der Waals surface area (Å²) in [6.07, 6.45) is 3.31. The van der Waals surface area contributed by atoms with Crippen LogP contribution < -0.4 is 14.9 Å². The summed E-state index contributed by atoms with van der Waals surface area (Å²) in [5, 5.41) is 2.76. The summed E-state index contributed by atoms with van der Waals surface area (Å²) >= 11 is 6.06. The van der Waals surface area contributed by atoms with Gasteiger partial charge in [-0.15, -0.1) is 0 Å². The number of halogens is 1. The third-order valence-electron chi connectivity index (χ3n) is 4.75. The van der Waals surface area contributed by atoms with Crippen LogP contribution in [0.5, 0.6) is 0 Å². The van der Waals surface area contributed by atoms with Crippen LogP contribution in [0.2, 0.25) is 5.02 Å². The maximum Gasteiger partial charge on any atom is 0.256 e. The van der Waals surface area contributed by atoms with Gasteiger partial charge in [0.2, 0.25) is 10.0 Å². The van der Waals surface area contributed by atoms with Gasteiger partial charge in [-0.2, -0.15) is 0 Å². The normalized spacial score (nSPS) is 17.2. The van der Waals surface area contributed by atoms with Crippen molar-refractivity contribution in [1.82, 2.24) is 9.71 Å². The summed E-state index contributed by atoms with van der Waals surface area (Å²) in [4.78, 5) is 18.9. The summed E-state index contributed by atoms with van der Waals surface area (Å²) < 4.78 is 32.9. The van der Waals surface area contributed by atoms with E-state index in [2.05, 4.69) is 19.9 Å². The van der Waals surface area contributed by atoms with Crippen LogP contribution in [0.3, 0.4) is 0 Å². The number of rotatable bonds is 6. The zero-order valence-corrected chi connectivity index (χ0v) is 17.2. The lowest BCUT2D eigenvalue weighted by Crippen LogP contribution is -2.36. The van der Waals surface area contributed by atoms with E-state index in [9.17, 15) is 13.2 Å². The van der Waals surface area contributed by atoms with Gasteiger partial charge < -0.3 is 15.0 Å². The third-order valence-corrected chi connectivity index (χ3v) is 6.75. The molecular formula is C19H21ClN4O4S. The van der Waals surface area contributed by atoms with E-state index in [1.54, 1.807) is 12.3 Å². The molecule has 0 radical (unpaired) electrons. The average Bonchev–Trinajstić information content (AvgIpc) is 3.52. The SMILES string of the molecule is O=C(Nc1ccc(N2CCOCC2)cn1)c1ccc(Cl)c(S(=O)(=O)NC2CC2)c1. The molecule has 8 nitrogen and oxygen atoms in total. The summed E-state index contributed by atoms with van der Waals surface area (Å²) in [5.74, 6) is -0.0846. The number of aromatic nitrogens is 1. The Bertz CT molecular complexity index is 1000. The highest BCUT2D eigenvalue weighted by molar-refractivity contribution is 7.89. The molecule has 29 heavy (non-hydrogen) atoms. The topological polar surface area (TPSA) is 101 Å². The van der Waals surface area contributed by atoms with Crippen molar-refractivity contribution in [3.8, 4) is 0 Å². The van der Waals surface area contributed by atoms with Crippen LogP contribution in [0.25, 0.3) is 0 Å². The maximum atomic E-state index is 12.6. The lowest BCUT2D eigenvalue weighted by atomic mass is 10.2. The summed E-state index contributed by atoms with van der Waals surface area (Å²) in [6, 6.07) is 7.71. The number of anilines is 2. The van der Waals surface area contributed by atoms with Gasteiger partial charge in [0.15, 0.2) is 0 Å². The number of sulfonamides is 1. The van der Waals surface area contributed by atoms with Crippen LogP contribution in [0.4, 0.5) is 11.5 Å². The van der Waals surface area contributed by atoms with E-state index in [4.69, 9.17) is 16.3 Å². The van der Waals surface area contributed by atoms with Crippen molar-refractivity contribution in [2.24, 2.45) is 0 Å². The summed E-state index contributed by atoms with van der Waals surface area (Å²) in [7, 11) is -3.77. The number of amides is 1. The van der Waals surface area contributed by atoms with E-state index >= 15 is 0 Å². The van der Waals surface area contributed by atoms with Crippen LogP contribution in [-0.2, 0) is 14.8 Å². The number of pyridine rings is 1. The molecule has 10 heteroatoms. The molecule has 0 spiro atoms. The minimum atomic E-state index is -3.77. The summed E-state index contributed by atoms with van der Waals surface area (Å²) in [6.45, 7) is 2.94. The largest absolute Gasteiger partial charge is 0.378 e. The molecule has 1 aliphatic heterocycles. The molecule has 1 saturated heterocycles. The second-order valence-electron chi connectivity index (χ2n) is 7.00. The first-order chi connectivity index (χ1) is 13.9. The first-order valence-corrected chi connectivity index (χ1v) is 11.2. The van der Waals surface area contributed by atoms with Gasteiger partial charge in [0.1, 0.15) is 10.7 Å². The van der Waals surface area contributed by atoms with Crippen molar-refractivity contribution in [2.45, 2.75) is 23.8 Å². The van der Waals surface area contributed by atoms with Gasteiger partial charge in [-0.25, -0.2) is 18.1 Å². The van der Waals surface area contributed by atoms with Crippen LogP contribution >= 0.6 is 11.6 Å². The molecule has 1 aliphatic carbocycles. The fraction of sp³-hybridized carbons (Fsp3) is 0.368. The zero-order valence-electron chi connectivity index (χ0n) is 15.6. The number of morpholine rings is 1. The minimum Gasteiger partial charge on any atom is -0.378 e. The number of nitrogens with zero attached hydrogens (tertiary/aromatic N) is 2. The highest BCUT2D eigenvalue weighted by atomic mass is 35.5. The molecule has 1 aromatic heterocycles. The number of hydrogen-bond acceptors (Lipinski definition) is 6. The Kier molecular flexibility index (Phi) is 5.73. The van der Waals surface area contributed by atoms with E-state index < -0.39 is 15.9 Å². The van der Waals surface area contributed by atoms with E-state index in [1.165, 1.54) is 18.2 Å². The Balaban J connectivity index is 1.47. The molecule has 0 bridgehead atoms. The molecule has 1 amide bonds. The van der Waals surface area contributed by atoms with Crippen LogP contribution in [0.15, 0.2) is 41.4 Å². The Morgan fingerprint density at radius 2 is 1.93 bits per heavy atom. The van der Waals surface area contributed by atoms with E-state index in [0.29, 0.717) is 19.0 Å². The third kappa shape index (κ3) is 4.87. The van der Waals surface area contributed by atoms with Crippen molar-refractivity contribution >= 4 is 39.0 Å². The maximum absolute atomic E-state index is 12.6. The van der Waals surface area contributed by atoms with Gasteiger partial charge in [0, 0.05) is 24.7 Å². The smallest absolute Gasteiger partial charge is 0.256 e. The fourth-order valence-corrected chi connectivity index (χ4v) is 4.82. The molecule has 0 unspecified atom stereocenters. The molecule has 1 aromatic carbocycles. The fourth-order valence-electron chi connectivity index (χ4n) is 2.99. The Morgan fingerprint density at radius 3 is 2.59 bits per heavy atom. The number of benzene rings is 1. The lowest BCUT2D eigenvalue weighted by Gasteiger charge is -2.28. The van der Waals surface area contributed by atoms with E-state index in [1.807, 2.05) is 6.07 Å². The van der Waals surface area contributed by atoms with Crippen molar-refractivity contribution < 1.29 is 17.9 Å². The summed E-state index contributed by atoms with van der Waals surface area (Å²) in [5.41, 5.74) is 1.14. The van der Waals surface area contributed by atoms with Gasteiger partial charge in [-0.1, -0.05) is 11.6 Å². The monoisotopic (exact) mass is 436 g/mol. The first kappa shape index (κ1) is 20.1. The number of carbonyl (C=O) groups is 1. The molecule has 2 fully saturated rings. The molecule has 154 valence electrons. The molecule has 0 atom stereocenters. The first-order valence-electron chi connectivity index (χ1n) is 9.34. The molecule has 2 aliphatic rings. The van der Waals surface area contributed by atoms with Crippen molar-refractivity contribution in [1.29, 1.82) is 0 Å². The average molecular weight is 437 g/mol. The molecule has 2 N–H and O–H groups in total. The molecular weight excluding hydrogens is 416 g/mol. The molecule has 4 rings (SSSR count). The Labute approximate surface area is 174 Å². The number of carbonyl (C=O) groups excluding carboxylic acids is 1. The molecule has 1 saturated carbocycles. The van der Waals surface area contributed by atoms with E-state index in [-0.39, 0.29) is 21.5 Å². The molecule has 2 heterocycles. The van der Waals surface area contributed by atoms with Crippen molar-refractivity contribution in [3.05, 3.63) is 47.1 Å². The van der Waals surface area contributed by atoms with Gasteiger partial charge in [-0.05, 0) is 43.2 Å². The predicted octanol–water partition coefficient (Wildman–Crippen LogP) is 2.26. The van der Waals surface area contributed by atoms with Crippen LogP contribution in [-0.4, -0.2) is 51.7 Å². The lowest BCUT2D eigenvalue weighted by molar-refractivity contribution is 0.102. The van der Waals surface area contributed by atoms with Crippen molar-refractivity contribution in [2.75, 3.05) is 36.5 Å². The second-order valence-corrected chi connectivity index (χ2v) is 9.09. The highest BCUT2D eigenvalue weighted by Gasteiger charge is 2.29. The zero-order chi connectivity index (χ0) is 20.4. The Hall–Kier alpha value is -2.20. The predicted molar refractivity (Wildman–Crippen MR) is 110 cm³/mol.